The standard InChI is InChI=1S/C14H19N/c1-4-8-13(3)15-11-12(2)14-9-6-5-7-10-14/h4-7,9-10,13,15H,1-2,8,11H2,3H3. The van der Waals surface area contributed by atoms with E-state index < -0.39 is 0 Å². The molecule has 0 spiro atoms. The van der Waals surface area contributed by atoms with E-state index in [1.807, 2.05) is 24.3 Å². The van der Waals surface area contributed by atoms with Crippen LogP contribution in [0.15, 0.2) is 49.6 Å². The van der Waals surface area contributed by atoms with Gasteiger partial charge in [-0.05, 0) is 24.5 Å². The summed E-state index contributed by atoms with van der Waals surface area (Å²) < 4.78 is 0. The number of rotatable bonds is 6. The van der Waals surface area contributed by atoms with Crippen molar-refractivity contribution in [1.82, 2.24) is 5.32 Å². The Labute approximate surface area is 92.5 Å². The average molecular weight is 201 g/mol. The van der Waals surface area contributed by atoms with E-state index in [1.54, 1.807) is 0 Å². The van der Waals surface area contributed by atoms with Gasteiger partial charge in [0.2, 0.25) is 0 Å². The number of hydrogen-bond acceptors (Lipinski definition) is 1. The normalized spacial score (nSPS) is 12.1. The molecule has 1 N–H and O–H groups in total. The Morgan fingerprint density at radius 1 is 1.40 bits per heavy atom. The largest absolute Gasteiger partial charge is 0.310 e. The van der Waals surface area contributed by atoms with Gasteiger partial charge in [-0.1, -0.05) is 43.0 Å². The molecule has 15 heavy (non-hydrogen) atoms. The van der Waals surface area contributed by atoms with Crippen molar-refractivity contribution < 1.29 is 0 Å². The van der Waals surface area contributed by atoms with E-state index in [4.69, 9.17) is 0 Å². The second-order valence-corrected chi connectivity index (χ2v) is 3.78. The Morgan fingerprint density at radius 2 is 2.07 bits per heavy atom. The molecule has 80 valence electrons. The Balaban J connectivity index is 2.40. The van der Waals surface area contributed by atoms with E-state index in [-0.39, 0.29) is 0 Å². The smallest absolute Gasteiger partial charge is 0.0208 e. The molecule has 1 heteroatoms. The minimum absolute atomic E-state index is 0.461. The highest BCUT2D eigenvalue weighted by molar-refractivity contribution is 5.64. The van der Waals surface area contributed by atoms with Crippen molar-refractivity contribution in [2.45, 2.75) is 19.4 Å². The fourth-order valence-electron chi connectivity index (χ4n) is 1.41. The Bertz CT molecular complexity index is 313. The number of hydrogen-bond donors (Lipinski definition) is 1. The lowest BCUT2D eigenvalue weighted by Crippen LogP contribution is -2.26. The topological polar surface area (TPSA) is 12.0 Å². The molecule has 1 aromatic carbocycles. The van der Waals surface area contributed by atoms with Crippen molar-refractivity contribution in [2.24, 2.45) is 0 Å². The molecule has 1 rings (SSSR count). The van der Waals surface area contributed by atoms with Gasteiger partial charge < -0.3 is 5.32 Å². The van der Waals surface area contributed by atoms with Gasteiger partial charge in [0.15, 0.2) is 0 Å². The summed E-state index contributed by atoms with van der Waals surface area (Å²) in [5.41, 5.74) is 2.34. The van der Waals surface area contributed by atoms with Crippen LogP contribution in [0.5, 0.6) is 0 Å². The Morgan fingerprint density at radius 3 is 2.67 bits per heavy atom. The van der Waals surface area contributed by atoms with Crippen LogP contribution in [0.25, 0.3) is 5.57 Å². The van der Waals surface area contributed by atoms with Crippen molar-refractivity contribution in [3.63, 3.8) is 0 Å². The fourth-order valence-corrected chi connectivity index (χ4v) is 1.41. The molecule has 0 fully saturated rings. The molecular formula is C14H19N. The molecule has 0 saturated carbocycles. The first-order valence-corrected chi connectivity index (χ1v) is 5.31. The van der Waals surface area contributed by atoms with Gasteiger partial charge in [0.1, 0.15) is 0 Å². The molecule has 0 radical (unpaired) electrons. The third kappa shape index (κ3) is 4.13. The van der Waals surface area contributed by atoms with Crippen LogP contribution in [-0.2, 0) is 0 Å². The summed E-state index contributed by atoms with van der Waals surface area (Å²) in [7, 11) is 0. The Hall–Kier alpha value is -1.34. The first-order valence-electron chi connectivity index (χ1n) is 5.31. The summed E-state index contributed by atoms with van der Waals surface area (Å²) >= 11 is 0. The molecule has 1 nitrogen and oxygen atoms in total. The first kappa shape index (κ1) is 11.7. The summed E-state index contributed by atoms with van der Waals surface area (Å²) in [6, 6.07) is 10.7. The van der Waals surface area contributed by atoms with Gasteiger partial charge in [-0.15, -0.1) is 6.58 Å². The molecule has 1 atom stereocenters. The van der Waals surface area contributed by atoms with E-state index in [2.05, 4.69) is 37.5 Å². The highest BCUT2D eigenvalue weighted by Crippen LogP contribution is 2.10. The van der Waals surface area contributed by atoms with Crippen LogP contribution in [0.4, 0.5) is 0 Å². The highest BCUT2D eigenvalue weighted by Gasteiger charge is 2.01. The summed E-state index contributed by atoms with van der Waals surface area (Å²) in [5, 5.41) is 3.41. The van der Waals surface area contributed by atoms with Crippen LogP contribution >= 0.6 is 0 Å². The predicted octanol–water partition coefficient (Wildman–Crippen LogP) is 3.25. The van der Waals surface area contributed by atoms with Crippen molar-refractivity contribution in [3.8, 4) is 0 Å². The second kappa shape index (κ2) is 6.20. The van der Waals surface area contributed by atoms with Crippen molar-refractivity contribution in [2.75, 3.05) is 6.54 Å². The van der Waals surface area contributed by atoms with Crippen LogP contribution in [0.2, 0.25) is 0 Å². The molecule has 0 aliphatic rings. The van der Waals surface area contributed by atoms with Gasteiger partial charge in [-0.25, -0.2) is 0 Å². The molecular weight excluding hydrogens is 182 g/mol. The zero-order valence-corrected chi connectivity index (χ0v) is 9.37. The lowest BCUT2D eigenvalue weighted by molar-refractivity contribution is 0.595. The van der Waals surface area contributed by atoms with Crippen LogP contribution < -0.4 is 5.32 Å². The molecule has 1 unspecified atom stereocenters. The maximum Gasteiger partial charge on any atom is 0.0208 e. The third-order valence-corrected chi connectivity index (χ3v) is 2.37. The van der Waals surface area contributed by atoms with Gasteiger partial charge in [-0.2, -0.15) is 0 Å². The van der Waals surface area contributed by atoms with Gasteiger partial charge in [0.05, 0.1) is 0 Å². The molecule has 0 bridgehead atoms. The zero-order valence-electron chi connectivity index (χ0n) is 9.37. The minimum atomic E-state index is 0.461. The lowest BCUT2D eigenvalue weighted by atomic mass is 10.1. The van der Waals surface area contributed by atoms with Crippen molar-refractivity contribution in [3.05, 3.63) is 55.1 Å². The van der Waals surface area contributed by atoms with E-state index in [0.29, 0.717) is 6.04 Å². The van der Waals surface area contributed by atoms with Crippen LogP contribution in [0.3, 0.4) is 0 Å². The lowest BCUT2D eigenvalue weighted by Gasteiger charge is -2.13. The molecule has 0 amide bonds. The summed E-state index contributed by atoms with van der Waals surface area (Å²) in [6.45, 7) is 10.8. The third-order valence-electron chi connectivity index (χ3n) is 2.37. The molecule has 0 aliphatic carbocycles. The number of benzene rings is 1. The molecule has 1 aromatic rings. The van der Waals surface area contributed by atoms with Gasteiger partial charge in [0, 0.05) is 12.6 Å². The number of nitrogens with one attached hydrogen (secondary N) is 1. The van der Waals surface area contributed by atoms with Crippen LogP contribution in [0.1, 0.15) is 18.9 Å². The predicted molar refractivity (Wildman–Crippen MR) is 67.8 cm³/mol. The van der Waals surface area contributed by atoms with Gasteiger partial charge in [-0.3, -0.25) is 0 Å². The fraction of sp³-hybridized carbons (Fsp3) is 0.286. The van der Waals surface area contributed by atoms with E-state index in [0.717, 1.165) is 18.5 Å². The monoisotopic (exact) mass is 201 g/mol. The Kier molecular flexibility index (Phi) is 4.85. The summed E-state index contributed by atoms with van der Waals surface area (Å²) in [5.74, 6) is 0. The van der Waals surface area contributed by atoms with Crippen LogP contribution in [-0.4, -0.2) is 12.6 Å². The maximum absolute atomic E-state index is 4.07. The quantitative estimate of drug-likeness (QED) is 0.697. The van der Waals surface area contributed by atoms with E-state index in [9.17, 15) is 0 Å². The van der Waals surface area contributed by atoms with E-state index >= 15 is 0 Å². The van der Waals surface area contributed by atoms with Crippen molar-refractivity contribution in [1.29, 1.82) is 0 Å². The summed E-state index contributed by atoms with van der Waals surface area (Å²) in [4.78, 5) is 0. The molecule has 0 saturated heterocycles. The van der Waals surface area contributed by atoms with Gasteiger partial charge >= 0.3 is 0 Å². The SMILES string of the molecule is C=CCC(C)NCC(=C)c1ccccc1. The maximum atomic E-state index is 4.07. The molecule has 0 heterocycles. The van der Waals surface area contributed by atoms with E-state index in [1.165, 1.54) is 5.56 Å². The first-order chi connectivity index (χ1) is 7.24. The zero-order chi connectivity index (χ0) is 11.1. The molecule has 0 aromatic heterocycles. The van der Waals surface area contributed by atoms with Crippen LogP contribution in [0, 0.1) is 0 Å². The average Bonchev–Trinajstić information content (AvgIpc) is 2.27. The molecule has 0 aliphatic heterocycles. The summed E-state index contributed by atoms with van der Waals surface area (Å²) in [6.07, 6.45) is 2.92. The van der Waals surface area contributed by atoms with Gasteiger partial charge in [0.25, 0.3) is 0 Å². The second-order valence-electron chi connectivity index (χ2n) is 3.78. The highest BCUT2D eigenvalue weighted by atomic mass is 14.9. The van der Waals surface area contributed by atoms with Crippen molar-refractivity contribution >= 4 is 5.57 Å². The minimum Gasteiger partial charge on any atom is -0.310 e.